The molecule has 114 valence electrons. The van der Waals surface area contributed by atoms with Crippen molar-refractivity contribution in [3.8, 4) is 0 Å². The average molecular weight is 292 g/mol. The van der Waals surface area contributed by atoms with Gasteiger partial charge in [0, 0.05) is 30.8 Å². The van der Waals surface area contributed by atoms with Gasteiger partial charge in [-0.15, -0.1) is 0 Å². The molecule has 0 radical (unpaired) electrons. The molecule has 0 saturated heterocycles. The highest BCUT2D eigenvalue weighted by Gasteiger charge is 2.25. The number of nitrogens with zero attached hydrogens (tertiary/aromatic N) is 1. The summed E-state index contributed by atoms with van der Waals surface area (Å²) in [5.74, 6) is -0.277. The summed E-state index contributed by atoms with van der Waals surface area (Å²) < 4.78 is 0. The van der Waals surface area contributed by atoms with Gasteiger partial charge in [-0.1, -0.05) is 12.8 Å². The Labute approximate surface area is 123 Å². The third-order valence-corrected chi connectivity index (χ3v) is 3.84. The molecule has 0 spiro atoms. The first-order valence-electron chi connectivity index (χ1n) is 7.05. The van der Waals surface area contributed by atoms with Crippen molar-refractivity contribution in [3.05, 3.63) is 33.9 Å². The molecule has 0 aliphatic heterocycles. The average Bonchev–Trinajstić information content (AvgIpc) is 2.48. The smallest absolute Gasteiger partial charge is 0.292 e. The summed E-state index contributed by atoms with van der Waals surface area (Å²) in [7, 11) is 1.52. The maximum Gasteiger partial charge on any atom is 0.292 e. The summed E-state index contributed by atoms with van der Waals surface area (Å²) in [6, 6.07) is 4.28. The van der Waals surface area contributed by atoms with Gasteiger partial charge in [-0.3, -0.25) is 14.9 Å². The molecule has 1 amide bonds. The minimum atomic E-state index is -0.454. The number of carbonyl (C=O) groups excluding carboxylic acids is 1. The van der Waals surface area contributed by atoms with Gasteiger partial charge in [-0.05, 0) is 25.0 Å². The van der Waals surface area contributed by atoms with Gasteiger partial charge in [0.25, 0.3) is 11.6 Å². The van der Waals surface area contributed by atoms with E-state index in [2.05, 4.69) is 10.6 Å². The molecule has 1 fully saturated rings. The van der Waals surface area contributed by atoms with E-state index in [1.807, 2.05) is 0 Å². The Balaban J connectivity index is 2.29. The minimum absolute atomic E-state index is 0.00242. The van der Waals surface area contributed by atoms with E-state index in [0.29, 0.717) is 11.3 Å². The van der Waals surface area contributed by atoms with Crippen LogP contribution in [0.2, 0.25) is 0 Å². The van der Waals surface area contributed by atoms with Gasteiger partial charge >= 0.3 is 0 Å². The lowest BCUT2D eigenvalue weighted by atomic mass is 9.90. The van der Waals surface area contributed by atoms with E-state index in [9.17, 15) is 14.9 Å². The van der Waals surface area contributed by atoms with Gasteiger partial charge in [0.1, 0.15) is 5.69 Å². The van der Waals surface area contributed by atoms with Crippen molar-refractivity contribution in [1.29, 1.82) is 0 Å². The maximum atomic E-state index is 11.7. The van der Waals surface area contributed by atoms with Crippen molar-refractivity contribution in [3.63, 3.8) is 0 Å². The second kappa shape index (κ2) is 6.53. The van der Waals surface area contributed by atoms with Crippen molar-refractivity contribution in [1.82, 2.24) is 5.32 Å². The standard InChI is InChI=1S/C14H20N4O3/c1-16-14(19)9-6-7-13(18(20)21)12(8-9)17-11-5-3-2-4-10(11)15/h6-8,10-11,17H,2-5,15H2,1H3,(H,16,19)/t10-,11-/m1/s1. The molecule has 1 aliphatic rings. The number of hydrogen-bond acceptors (Lipinski definition) is 5. The fraction of sp³-hybridized carbons (Fsp3) is 0.500. The Morgan fingerprint density at radius 2 is 2.10 bits per heavy atom. The lowest BCUT2D eigenvalue weighted by molar-refractivity contribution is -0.384. The van der Waals surface area contributed by atoms with Crippen molar-refractivity contribution in [2.24, 2.45) is 5.73 Å². The molecule has 1 aromatic carbocycles. The number of amides is 1. The van der Waals surface area contributed by atoms with E-state index in [4.69, 9.17) is 5.73 Å². The largest absolute Gasteiger partial charge is 0.375 e. The topological polar surface area (TPSA) is 110 Å². The minimum Gasteiger partial charge on any atom is -0.375 e. The SMILES string of the molecule is CNC(=O)c1ccc([N+](=O)[O-])c(N[C@@H]2CCCC[C@H]2N)c1. The number of nitro groups is 1. The van der Waals surface area contributed by atoms with Gasteiger partial charge < -0.3 is 16.4 Å². The number of nitro benzene ring substituents is 1. The monoisotopic (exact) mass is 292 g/mol. The van der Waals surface area contributed by atoms with Crippen molar-refractivity contribution in [2.75, 3.05) is 12.4 Å². The number of anilines is 1. The highest BCUT2D eigenvalue weighted by atomic mass is 16.6. The van der Waals surface area contributed by atoms with Crippen LogP contribution in [-0.4, -0.2) is 30.0 Å². The van der Waals surface area contributed by atoms with Gasteiger partial charge in [0.05, 0.1) is 4.92 Å². The van der Waals surface area contributed by atoms with Gasteiger partial charge in [0.2, 0.25) is 0 Å². The first kappa shape index (κ1) is 15.2. The zero-order valence-corrected chi connectivity index (χ0v) is 12.0. The predicted molar refractivity (Wildman–Crippen MR) is 80.3 cm³/mol. The Kier molecular flexibility index (Phi) is 4.74. The molecule has 2 atom stereocenters. The summed E-state index contributed by atoms with van der Waals surface area (Å²) in [4.78, 5) is 22.3. The summed E-state index contributed by atoms with van der Waals surface area (Å²) in [6.45, 7) is 0. The molecule has 7 heteroatoms. The van der Waals surface area contributed by atoms with E-state index >= 15 is 0 Å². The molecular formula is C14H20N4O3. The Hall–Kier alpha value is -2.15. The van der Waals surface area contributed by atoms with Gasteiger partial charge in [-0.2, -0.15) is 0 Å². The molecular weight excluding hydrogens is 272 g/mol. The van der Waals surface area contributed by atoms with E-state index in [1.54, 1.807) is 0 Å². The van der Waals surface area contributed by atoms with Crippen LogP contribution in [0.4, 0.5) is 11.4 Å². The first-order chi connectivity index (χ1) is 10.0. The second-order valence-corrected chi connectivity index (χ2v) is 5.27. The van der Waals surface area contributed by atoms with Crippen LogP contribution >= 0.6 is 0 Å². The highest BCUT2D eigenvalue weighted by Crippen LogP contribution is 2.29. The van der Waals surface area contributed by atoms with Crippen molar-refractivity contribution < 1.29 is 9.72 Å². The number of hydrogen-bond donors (Lipinski definition) is 3. The van der Waals surface area contributed by atoms with Crippen LogP contribution < -0.4 is 16.4 Å². The first-order valence-corrected chi connectivity index (χ1v) is 7.05. The van der Waals surface area contributed by atoms with E-state index in [1.165, 1.54) is 25.2 Å². The summed E-state index contributed by atoms with van der Waals surface area (Å²) in [5, 5.41) is 16.8. The molecule has 1 aromatic rings. The number of nitrogens with two attached hydrogens (primary N) is 1. The molecule has 1 saturated carbocycles. The molecule has 1 aliphatic carbocycles. The summed E-state index contributed by atoms with van der Waals surface area (Å²) in [6.07, 6.45) is 3.91. The summed E-state index contributed by atoms with van der Waals surface area (Å²) in [5.41, 5.74) is 6.76. The number of benzene rings is 1. The number of nitrogens with one attached hydrogen (secondary N) is 2. The molecule has 4 N–H and O–H groups in total. The normalized spacial score (nSPS) is 21.6. The van der Waals surface area contributed by atoms with Crippen LogP contribution in [0.1, 0.15) is 36.0 Å². The van der Waals surface area contributed by atoms with Crippen molar-refractivity contribution in [2.45, 2.75) is 37.8 Å². The molecule has 0 bridgehead atoms. The predicted octanol–water partition coefficient (Wildman–Crippen LogP) is 1.64. The molecule has 0 aromatic heterocycles. The van der Waals surface area contributed by atoms with E-state index in [0.717, 1.165) is 25.7 Å². The Bertz CT molecular complexity index is 547. The lowest BCUT2D eigenvalue weighted by Crippen LogP contribution is -2.42. The summed E-state index contributed by atoms with van der Waals surface area (Å²) >= 11 is 0. The highest BCUT2D eigenvalue weighted by molar-refractivity contribution is 5.95. The van der Waals surface area contributed by atoms with Crippen LogP contribution in [0.15, 0.2) is 18.2 Å². The molecule has 2 rings (SSSR count). The number of carbonyl (C=O) groups is 1. The Morgan fingerprint density at radius 1 is 1.38 bits per heavy atom. The molecule has 21 heavy (non-hydrogen) atoms. The zero-order chi connectivity index (χ0) is 15.4. The second-order valence-electron chi connectivity index (χ2n) is 5.27. The maximum absolute atomic E-state index is 11.7. The van der Waals surface area contributed by atoms with Crippen LogP contribution in [0.25, 0.3) is 0 Å². The van der Waals surface area contributed by atoms with E-state index in [-0.39, 0.29) is 23.7 Å². The van der Waals surface area contributed by atoms with Crippen LogP contribution in [-0.2, 0) is 0 Å². The third-order valence-electron chi connectivity index (χ3n) is 3.84. The molecule has 0 heterocycles. The fourth-order valence-corrected chi connectivity index (χ4v) is 2.63. The van der Waals surface area contributed by atoms with E-state index < -0.39 is 4.92 Å². The molecule has 7 nitrogen and oxygen atoms in total. The third kappa shape index (κ3) is 3.49. The van der Waals surface area contributed by atoms with Gasteiger partial charge in [-0.25, -0.2) is 0 Å². The number of rotatable bonds is 4. The van der Waals surface area contributed by atoms with Crippen molar-refractivity contribution >= 4 is 17.3 Å². The zero-order valence-electron chi connectivity index (χ0n) is 12.0. The molecule has 0 unspecified atom stereocenters. The quantitative estimate of drug-likeness (QED) is 0.577. The Morgan fingerprint density at radius 3 is 2.71 bits per heavy atom. The van der Waals surface area contributed by atoms with Gasteiger partial charge in [0.15, 0.2) is 0 Å². The van der Waals surface area contributed by atoms with Crippen LogP contribution in [0.5, 0.6) is 0 Å². The van der Waals surface area contributed by atoms with Crippen LogP contribution in [0, 0.1) is 10.1 Å². The van der Waals surface area contributed by atoms with Crippen LogP contribution in [0.3, 0.4) is 0 Å². The lowest BCUT2D eigenvalue weighted by Gasteiger charge is -2.30. The fourth-order valence-electron chi connectivity index (χ4n) is 2.63.